The van der Waals surface area contributed by atoms with Crippen molar-refractivity contribution < 1.29 is 9.53 Å². The molecule has 0 radical (unpaired) electrons. The van der Waals surface area contributed by atoms with E-state index in [2.05, 4.69) is 19.2 Å². The van der Waals surface area contributed by atoms with Crippen molar-refractivity contribution in [3.8, 4) is 5.75 Å². The van der Waals surface area contributed by atoms with Crippen LogP contribution in [0.5, 0.6) is 5.75 Å². The molecule has 0 fully saturated rings. The predicted molar refractivity (Wildman–Crippen MR) is 93.6 cm³/mol. The highest BCUT2D eigenvalue weighted by atomic mass is 35.5. The second-order valence-electron chi connectivity index (χ2n) is 5.85. The van der Waals surface area contributed by atoms with Crippen molar-refractivity contribution in [2.24, 2.45) is 11.7 Å². The van der Waals surface area contributed by atoms with Crippen molar-refractivity contribution in [1.29, 1.82) is 0 Å². The molecular formula is C17H29ClN2O2. The standard InChI is InChI=1S/C17H28N2O2.ClH/c1-13(2)11-15(12-18)19-17(20)9-6-10-21-16-8-5-4-7-14(16)3;/h4-5,7-8,13,15H,6,9-12,18H2,1-3H3,(H,19,20);1H. The summed E-state index contributed by atoms with van der Waals surface area (Å²) in [5.74, 6) is 1.47. The van der Waals surface area contributed by atoms with Crippen LogP contribution in [-0.2, 0) is 4.79 Å². The number of para-hydroxylation sites is 1. The summed E-state index contributed by atoms with van der Waals surface area (Å²) in [5, 5.41) is 2.99. The molecule has 1 atom stereocenters. The SMILES string of the molecule is Cc1ccccc1OCCCC(=O)NC(CN)CC(C)C.Cl. The monoisotopic (exact) mass is 328 g/mol. The molecule has 3 N–H and O–H groups in total. The van der Waals surface area contributed by atoms with E-state index in [1.165, 1.54) is 0 Å². The normalized spacial score (nSPS) is 11.7. The summed E-state index contributed by atoms with van der Waals surface area (Å²) in [7, 11) is 0. The van der Waals surface area contributed by atoms with Crippen LogP contribution in [0.25, 0.3) is 0 Å². The highest BCUT2D eigenvalue weighted by Crippen LogP contribution is 2.16. The summed E-state index contributed by atoms with van der Waals surface area (Å²) in [6, 6.07) is 7.97. The first-order chi connectivity index (χ1) is 10.0. The van der Waals surface area contributed by atoms with Crippen molar-refractivity contribution in [3.05, 3.63) is 29.8 Å². The Labute approximate surface area is 140 Å². The van der Waals surface area contributed by atoms with Crippen molar-refractivity contribution in [3.63, 3.8) is 0 Å². The number of rotatable bonds is 9. The van der Waals surface area contributed by atoms with E-state index in [1.54, 1.807) is 0 Å². The maximum atomic E-state index is 11.8. The fourth-order valence-corrected chi connectivity index (χ4v) is 2.22. The van der Waals surface area contributed by atoms with Crippen molar-refractivity contribution in [2.75, 3.05) is 13.2 Å². The van der Waals surface area contributed by atoms with E-state index in [9.17, 15) is 4.79 Å². The molecule has 126 valence electrons. The van der Waals surface area contributed by atoms with Crippen LogP contribution in [0.4, 0.5) is 0 Å². The Morgan fingerprint density at radius 3 is 2.59 bits per heavy atom. The Morgan fingerprint density at radius 1 is 1.32 bits per heavy atom. The lowest BCUT2D eigenvalue weighted by Crippen LogP contribution is -2.41. The molecule has 0 saturated carbocycles. The summed E-state index contributed by atoms with van der Waals surface area (Å²) < 4.78 is 5.68. The van der Waals surface area contributed by atoms with Gasteiger partial charge in [0.25, 0.3) is 0 Å². The van der Waals surface area contributed by atoms with Crippen molar-refractivity contribution in [1.82, 2.24) is 5.32 Å². The van der Waals surface area contributed by atoms with Gasteiger partial charge in [0.15, 0.2) is 0 Å². The fourth-order valence-electron chi connectivity index (χ4n) is 2.22. The molecule has 0 bridgehead atoms. The first-order valence-corrected chi connectivity index (χ1v) is 7.70. The number of carbonyl (C=O) groups is 1. The number of nitrogens with one attached hydrogen (secondary N) is 1. The Bertz CT molecular complexity index is 438. The third-order valence-corrected chi connectivity index (χ3v) is 3.30. The molecule has 0 saturated heterocycles. The molecule has 4 nitrogen and oxygen atoms in total. The molecule has 1 unspecified atom stereocenters. The maximum absolute atomic E-state index is 11.8. The third kappa shape index (κ3) is 8.25. The number of hydrogen-bond donors (Lipinski definition) is 2. The van der Waals surface area contributed by atoms with Crippen molar-refractivity contribution in [2.45, 2.75) is 46.1 Å². The van der Waals surface area contributed by atoms with E-state index in [-0.39, 0.29) is 24.4 Å². The summed E-state index contributed by atoms with van der Waals surface area (Å²) in [4.78, 5) is 11.8. The highest BCUT2D eigenvalue weighted by Gasteiger charge is 2.12. The Morgan fingerprint density at radius 2 is 2.00 bits per heavy atom. The van der Waals surface area contributed by atoms with Crippen LogP contribution in [-0.4, -0.2) is 25.1 Å². The number of hydrogen-bond acceptors (Lipinski definition) is 3. The van der Waals surface area contributed by atoms with Crippen LogP contribution >= 0.6 is 12.4 Å². The Hall–Kier alpha value is -1.26. The van der Waals surface area contributed by atoms with Gasteiger partial charge in [0.2, 0.25) is 5.91 Å². The van der Waals surface area contributed by atoms with E-state index in [0.29, 0.717) is 31.9 Å². The van der Waals surface area contributed by atoms with E-state index >= 15 is 0 Å². The van der Waals surface area contributed by atoms with Gasteiger partial charge < -0.3 is 15.8 Å². The van der Waals surface area contributed by atoms with Gasteiger partial charge in [0.1, 0.15) is 5.75 Å². The molecule has 1 aromatic rings. The summed E-state index contributed by atoms with van der Waals surface area (Å²) in [6.07, 6.45) is 2.10. The van der Waals surface area contributed by atoms with Gasteiger partial charge in [0, 0.05) is 19.0 Å². The second kappa shape index (κ2) is 11.3. The number of benzene rings is 1. The zero-order chi connectivity index (χ0) is 15.7. The predicted octanol–water partition coefficient (Wildman–Crippen LogP) is 3.07. The van der Waals surface area contributed by atoms with Crippen LogP contribution in [0.3, 0.4) is 0 Å². The third-order valence-electron chi connectivity index (χ3n) is 3.30. The molecule has 22 heavy (non-hydrogen) atoms. The molecule has 0 aliphatic carbocycles. The molecule has 0 spiro atoms. The quantitative estimate of drug-likeness (QED) is 0.685. The van der Waals surface area contributed by atoms with Gasteiger partial charge in [-0.2, -0.15) is 0 Å². The molecule has 0 aromatic heterocycles. The van der Waals surface area contributed by atoms with Crippen LogP contribution in [0.15, 0.2) is 24.3 Å². The molecule has 0 aliphatic rings. The summed E-state index contributed by atoms with van der Waals surface area (Å²) in [5.41, 5.74) is 6.79. The minimum absolute atomic E-state index is 0. The average molecular weight is 329 g/mol. The van der Waals surface area contributed by atoms with Crippen LogP contribution in [0, 0.1) is 12.8 Å². The average Bonchev–Trinajstić information content (AvgIpc) is 2.44. The number of ether oxygens (including phenoxy) is 1. The topological polar surface area (TPSA) is 64.3 Å². The minimum atomic E-state index is 0. The first kappa shape index (κ1) is 20.7. The molecule has 0 heterocycles. The smallest absolute Gasteiger partial charge is 0.220 e. The number of amides is 1. The van der Waals surface area contributed by atoms with Gasteiger partial charge in [-0.1, -0.05) is 32.0 Å². The lowest BCUT2D eigenvalue weighted by atomic mass is 10.0. The van der Waals surface area contributed by atoms with E-state index in [4.69, 9.17) is 10.5 Å². The molecule has 5 heteroatoms. The van der Waals surface area contributed by atoms with Crippen LogP contribution in [0.1, 0.15) is 38.7 Å². The van der Waals surface area contributed by atoms with E-state index in [0.717, 1.165) is 17.7 Å². The van der Waals surface area contributed by atoms with Gasteiger partial charge in [-0.05, 0) is 37.3 Å². The van der Waals surface area contributed by atoms with Crippen LogP contribution in [0.2, 0.25) is 0 Å². The lowest BCUT2D eigenvalue weighted by molar-refractivity contribution is -0.122. The number of aryl methyl sites for hydroxylation is 1. The Kier molecular flexibility index (Phi) is 10.7. The number of carbonyl (C=O) groups excluding carboxylic acids is 1. The van der Waals surface area contributed by atoms with E-state index in [1.807, 2.05) is 31.2 Å². The lowest BCUT2D eigenvalue weighted by Gasteiger charge is -2.18. The fraction of sp³-hybridized carbons (Fsp3) is 0.588. The zero-order valence-corrected chi connectivity index (χ0v) is 14.6. The molecule has 0 aliphatic heterocycles. The van der Waals surface area contributed by atoms with Gasteiger partial charge in [-0.15, -0.1) is 12.4 Å². The van der Waals surface area contributed by atoms with Crippen molar-refractivity contribution >= 4 is 18.3 Å². The maximum Gasteiger partial charge on any atom is 0.220 e. The highest BCUT2D eigenvalue weighted by molar-refractivity contribution is 5.85. The minimum Gasteiger partial charge on any atom is -0.493 e. The number of halogens is 1. The molecular weight excluding hydrogens is 300 g/mol. The largest absolute Gasteiger partial charge is 0.493 e. The second-order valence-corrected chi connectivity index (χ2v) is 5.85. The summed E-state index contributed by atoms with van der Waals surface area (Å²) >= 11 is 0. The Balaban J connectivity index is 0.00000441. The zero-order valence-electron chi connectivity index (χ0n) is 13.8. The van der Waals surface area contributed by atoms with Gasteiger partial charge >= 0.3 is 0 Å². The molecule has 1 amide bonds. The molecule has 1 rings (SSSR count). The van der Waals surface area contributed by atoms with E-state index < -0.39 is 0 Å². The van der Waals surface area contributed by atoms with Gasteiger partial charge in [-0.25, -0.2) is 0 Å². The number of nitrogens with two attached hydrogens (primary N) is 1. The molecule has 1 aromatic carbocycles. The van der Waals surface area contributed by atoms with Crippen LogP contribution < -0.4 is 15.8 Å². The first-order valence-electron chi connectivity index (χ1n) is 7.70. The van der Waals surface area contributed by atoms with Gasteiger partial charge in [-0.3, -0.25) is 4.79 Å². The summed E-state index contributed by atoms with van der Waals surface area (Å²) in [6.45, 7) is 7.31. The van der Waals surface area contributed by atoms with Gasteiger partial charge in [0.05, 0.1) is 6.61 Å².